The van der Waals surface area contributed by atoms with Gasteiger partial charge in [0, 0.05) is 18.7 Å². The third-order valence-corrected chi connectivity index (χ3v) is 2.50. The topological polar surface area (TPSA) is 21.3 Å². The van der Waals surface area contributed by atoms with Gasteiger partial charge in [-0.25, -0.2) is 0 Å². The summed E-state index contributed by atoms with van der Waals surface area (Å²) in [5.41, 5.74) is 2.97. The average molecular weight is 179 g/mol. The van der Waals surface area contributed by atoms with Gasteiger partial charge in [0.1, 0.15) is 5.76 Å². The predicted molar refractivity (Wildman–Crippen MR) is 53.4 cm³/mol. The summed E-state index contributed by atoms with van der Waals surface area (Å²) in [6.45, 7) is 6.22. The number of hydrogen-bond donors (Lipinski definition) is 1. The van der Waals surface area contributed by atoms with Gasteiger partial charge in [0.05, 0.1) is 6.10 Å². The average Bonchev–Trinajstić information content (AvgIpc) is 2.51. The second-order valence-corrected chi connectivity index (χ2v) is 3.96. The first-order valence-electron chi connectivity index (χ1n) is 5.06. The molecular weight excluding hydrogens is 162 g/mol. The van der Waals surface area contributed by atoms with Gasteiger partial charge in [-0.15, -0.1) is 0 Å². The summed E-state index contributed by atoms with van der Waals surface area (Å²) in [6, 6.07) is 0. The summed E-state index contributed by atoms with van der Waals surface area (Å²) in [5.74, 6) is 1.13. The van der Waals surface area contributed by atoms with Gasteiger partial charge in [0.2, 0.25) is 0 Å². The quantitative estimate of drug-likeness (QED) is 0.700. The Balaban J connectivity index is 2.14. The molecule has 0 aromatic rings. The van der Waals surface area contributed by atoms with Crippen molar-refractivity contribution in [2.45, 2.75) is 32.8 Å². The molecule has 2 rings (SSSR count). The molecule has 0 aromatic heterocycles. The lowest BCUT2D eigenvalue weighted by Crippen LogP contribution is -2.11. The van der Waals surface area contributed by atoms with Gasteiger partial charge >= 0.3 is 0 Å². The first kappa shape index (κ1) is 8.82. The lowest BCUT2D eigenvalue weighted by atomic mass is 9.98. The van der Waals surface area contributed by atoms with Gasteiger partial charge in [-0.1, -0.05) is 0 Å². The van der Waals surface area contributed by atoms with E-state index in [-0.39, 0.29) is 0 Å². The highest BCUT2D eigenvalue weighted by molar-refractivity contribution is 5.39. The van der Waals surface area contributed by atoms with Crippen LogP contribution in [0, 0.1) is 0 Å². The zero-order valence-electron chi connectivity index (χ0n) is 8.39. The van der Waals surface area contributed by atoms with E-state index < -0.39 is 0 Å². The van der Waals surface area contributed by atoms with Crippen LogP contribution in [0.1, 0.15) is 26.7 Å². The fraction of sp³-hybridized carbons (Fsp3) is 0.636. The van der Waals surface area contributed by atoms with Crippen molar-refractivity contribution in [3.8, 4) is 0 Å². The van der Waals surface area contributed by atoms with Crippen molar-refractivity contribution < 1.29 is 4.74 Å². The Bertz CT molecular complexity index is 263. The number of hydrogen-bond acceptors (Lipinski definition) is 2. The van der Waals surface area contributed by atoms with E-state index in [2.05, 4.69) is 25.2 Å². The van der Waals surface area contributed by atoms with Crippen molar-refractivity contribution in [1.82, 2.24) is 5.32 Å². The van der Waals surface area contributed by atoms with Crippen LogP contribution in [-0.2, 0) is 4.74 Å². The Morgan fingerprint density at radius 2 is 2.23 bits per heavy atom. The van der Waals surface area contributed by atoms with E-state index in [1.807, 2.05) is 0 Å². The van der Waals surface area contributed by atoms with Gasteiger partial charge in [-0.3, -0.25) is 0 Å². The molecule has 0 aromatic carbocycles. The minimum absolute atomic E-state index is 0.290. The van der Waals surface area contributed by atoms with Crippen LogP contribution in [0.15, 0.2) is 23.0 Å². The maximum atomic E-state index is 5.77. The Morgan fingerprint density at radius 1 is 1.38 bits per heavy atom. The lowest BCUT2D eigenvalue weighted by Gasteiger charge is -2.19. The first-order valence-corrected chi connectivity index (χ1v) is 5.06. The van der Waals surface area contributed by atoms with Gasteiger partial charge in [0.25, 0.3) is 0 Å². The minimum Gasteiger partial charge on any atom is -0.491 e. The minimum atomic E-state index is 0.290. The second kappa shape index (κ2) is 3.54. The number of nitrogens with one attached hydrogen (secondary N) is 1. The number of rotatable bonds is 2. The summed E-state index contributed by atoms with van der Waals surface area (Å²) in [4.78, 5) is 0. The molecule has 2 heteroatoms. The molecule has 2 nitrogen and oxygen atoms in total. The van der Waals surface area contributed by atoms with Crippen LogP contribution >= 0.6 is 0 Å². The lowest BCUT2D eigenvalue weighted by molar-refractivity contribution is 0.152. The molecule has 0 radical (unpaired) electrons. The highest BCUT2D eigenvalue weighted by atomic mass is 16.5. The van der Waals surface area contributed by atoms with Crippen molar-refractivity contribution in [2.24, 2.45) is 0 Å². The fourth-order valence-electron chi connectivity index (χ4n) is 1.94. The highest BCUT2D eigenvalue weighted by Gasteiger charge is 2.21. The molecule has 0 fully saturated rings. The maximum Gasteiger partial charge on any atom is 0.120 e. The van der Waals surface area contributed by atoms with Crippen LogP contribution in [0.5, 0.6) is 0 Å². The van der Waals surface area contributed by atoms with Crippen LogP contribution in [0.4, 0.5) is 0 Å². The van der Waals surface area contributed by atoms with Crippen molar-refractivity contribution in [3.63, 3.8) is 0 Å². The summed E-state index contributed by atoms with van der Waals surface area (Å²) in [6.07, 6.45) is 4.88. The molecule has 1 aliphatic heterocycles. The second-order valence-electron chi connectivity index (χ2n) is 3.96. The molecule has 13 heavy (non-hydrogen) atoms. The van der Waals surface area contributed by atoms with E-state index in [9.17, 15) is 0 Å². The van der Waals surface area contributed by atoms with E-state index in [0.717, 1.165) is 25.3 Å². The maximum absolute atomic E-state index is 5.77. The molecule has 0 amide bonds. The molecule has 1 aliphatic carbocycles. The summed E-state index contributed by atoms with van der Waals surface area (Å²) in [5, 5.41) is 3.37. The van der Waals surface area contributed by atoms with Gasteiger partial charge in [0.15, 0.2) is 0 Å². The Kier molecular flexibility index (Phi) is 2.40. The molecule has 1 N–H and O–H groups in total. The molecule has 0 spiro atoms. The van der Waals surface area contributed by atoms with E-state index in [0.29, 0.717) is 6.10 Å². The molecule has 1 heterocycles. The van der Waals surface area contributed by atoms with Crippen molar-refractivity contribution >= 4 is 0 Å². The zero-order chi connectivity index (χ0) is 9.26. The summed E-state index contributed by atoms with van der Waals surface area (Å²) >= 11 is 0. The molecule has 0 atom stereocenters. The van der Waals surface area contributed by atoms with Gasteiger partial charge in [-0.2, -0.15) is 0 Å². The van der Waals surface area contributed by atoms with E-state index in [4.69, 9.17) is 4.74 Å². The van der Waals surface area contributed by atoms with E-state index >= 15 is 0 Å². The Hall–Kier alpha value is -0.760. The van der Waals surface area contributed by atoms with Crippen LogP contribution in [0.2, 0.25) is 0 Å². The van der Waals surface area contributed by atoms with Crippen molar-refractivity contribution in [2.75, 3.05) is 13.1 Å². The molecule has 72 valence electrons. The third-order valence-electron chi connectivity index (χ3n) is 2.50. The van der Waals surface area contributed by atoms with Crippen LogP contribution < -0.4 is 5.32 Å². The van der Waals surface area contributed by atoms with Gasteiger partial charge in [-0.05, 0) is 38.3 Å². The smallest absolute Gasteiger partial charge is 0.120 e. The Morgan fingerprint density at radius 3 is 3.00 bits per heavy atom. The normalized spacial score (nSPS) is 21.9. The van der Waals surface area contributed by atoms with Crippen LogP contribution in [0.3, 0.4) is 0 Å². The third kappa shape index (κ3) is 1.78. The fourth-order valence-corrected chi connectivity index (χ4v) is 1.94. The van der Waals surface area contributed by atoms with Crippen LogP contribution in [-0.4, -0.2) is 19.2 Å². The van der Waals surface area contributed by atoms with Crippen molar-refractivity contribution in [3.05, 3.63) is 23.0 Å². The molecule has 0 unspecified atom stereocenters. The molecular formula is C11H17NO. The van der Waals surface area contributed by atoms with Crippen LogP contribution in [0.25, 0.3) is 0 Å². The number of ether oxygens (including phenoxy) is 1. The Labute approximate surface area is 79.7 Å². The standard InChI is InChI=1S/C11H17NO/c1-8(2)13-11-5-3-4-9-6-12-7-10(9)11/h5,8,12H,3-4,6-7H2,1-2H3. The van der Waals surface area contributed by atoms with Gasteiger partial charge < -0.3 is 10.1 Å². The van der Waals surface area contributed by atoms with E-state index in [1.165, 1.54) is 12.0 Å². The largest absolute Gasteiger partial charge is 0.491 e. The van der Waals surface area contributed by atoms with E-state index in [1.54, 1.807) is 5.57 Å². The summed E-state index contributed by atoms with van der Waals surface area (Å²) < 4.78 is 5.77. The SMILES string of the molecule is CC(C)OC1=CCCC2=C1CNC2. The monoisotopic (exact) mass is 179 g/mol. The molecule has 0 bridgehead atoms. The molecule has 0 saturated carbocycles. The first-order chi connectivity index (χ1) is 6.27. The molecule has 2 aliphatic rings. The molecule has 0 saturated heterocycles. The summed E-state index contributed by atoms with van der Waals surface area (Å²) in [7, 11) is 0. The predicted octanol–water partition coefficient (Wildman–Crippen LogP) is 1.99. The zero-order valence-corrected chi connectivity index (χ0v) is 8.39. The van der Waals surface area contributed by atoms with Crippen molar-refractivity contribution in [1.29, 1.82) is 0 Å². The number of allylic oxidation sites excluding steroid dienone is 1. The highest BCUT2D eigenvalue weighted by Crippen LogP contribution is 2.28.